The second kappa shape index (κ2) is 13.6. The summed E-state index contributed by atoms with van der Waals surface area (Å²) in [5, 5.41) is 5.11. The second-order valence-electron chi connectivity index (χ2n) is 8.80. The molecular weight excluding hydrogens is 658 g/mol. The average Bonchev–Trinajstić information content (AvgIpc) is 3.63. The van der Waals surface area contributed by atoms with Crippen molar-refractivity contribution in [3.05, 3.63) is 97.7 Å². The maximum atomic E-state index is 11.9. The summed E-state index contributed by atoms with van der Waals surface area (Å²) in [5.41, 5.74) is 5.09. The molecule has 2 aromatic heterocycles. The van der Waals surface area contributed by atoms with Crippen molar-refractivity contribution in [2.24, 2.45) is 0 Å². The summed E-state index contributed by atoms with van der Waals surface area (Å²) in [4.78, 5) is 40.3. The minimum Gasteiger partial charge on any atom is -0.497 e. The molecule has 0 radical (unpaired) electrons. The van der Waals surface area contributed by atoms with E-state index >= 15 is 0 Å². The van der Waals surface area contributed by atoms with E-state index in [0.29, 0.717) is 34.1 Å². The van der Waals surface area contributed by atoms with Crippen LogP contribution < -0.4 is 10.1 Å². The van der Waals surface area contributed by atoms with Crippen LogP contribution >= 0.6 is 31.9 Å². The Morgan fingerprint density at radius 1 is 0.780 bits per heavy atom. The number of methoxy groups -OCH3 is 3. The quantitative estimate of drug-likeness (QED) is 0.125. The summed E-state index contributed by atoms with van der Waals surface area (Å²) in [6.07, 6.45) is 4.22. The van der Waals surface area contributed by atoms with Gasteiger partial charge in [0.1, 0.15) is 5.75 Å². The van der Waals surface area contributed by atoms with Crippen molar-refractivity contribution < 1.29 is 28.6 Å². The molecule has 0 spiro atoms. The lowest BCUT2D eigenvalue weighted by Crippen LogP contribution is -2.12. The number of carbonyl (C=O) groups excluding carboxylic acids is 3. The standard InChI is InChI=1S/C19H19BrN2O3.C11H8BrNO3/c1-24-14-5-3-12(4-6-14)9-21-10-13-11-22-18-15(19(23)25-2)7-8-16(20)17(13)18;1-16-11(15)7-2-3-8(12)9-6(5-14)4-13-10(7)9/h3-8,11,21-22H,9-10H2,1-2H3;2-5,13H,1H3. The molecule has 5 aromatic rings. The minimum absolute atomic E-state index is 0.350. The van der Waals surface area contributed by atoms with Gasteiger partial charge in [-0.25, -0.2) is 9.59 Å². The molecule has 9 nitrogen and oxygen atoms in total. The lowest BCUT2D eigenvalue weighted by atomic mass is 10.1. The molecule has 3 N–H and O–H groups in total. The van der Waals surface area contributed by atoms with Crippen LogP contribution in [0.15, 0.2) is 69.9 Å². The summed E-state index contributed by atoms with van der Waals surface area (Å²) in [7, 11) is 4.36. The molecule has 0 atom stereocenters. The van der Waals surface area contributed by atoms with Crippen molar-refractivity contribution in [2.75, 3.05) is 21.3 Å². The van der Waals surface area contributed by atoms with E-state index in [4.69, 9.17) is 9.47 Å². The summed E-state index contributed by atoms with van der Waals surface area (Å²) in [6, 6.07) is 14.9. The number of H-pyrrole nitrogens is 2. The maximum Gasteiger partial charge on any atom is 0.339 e. The van der Waals surface area contributed by atoms with Gasteiger partial charge in [0, 0.05) is 50.8 Å². The molecule has 0 amide bonds. The van der Waals surface area contributed by atoms with Gasteiger partial charge in [0.25, 0.3) is 0 Å². The first-order valence-electron chi connectivity index (χ1n) is 12.4. The predicted octanol–water partition coefficient (Wildman–Crippen LogP) is 6.54. The number of aromatic nitrogens is 2. The molecular formula is C30H27Br2N3O6. The van der Waals surface area contributed by atoms with Crippen LogP contribution in [0.4, 0.5) is 0 Å². The van der Waals surface area contributed by atoms with Crippen LogP contribution in [0.5, 0.6) is 5.75 Å². The van der Waals surface area contributed by atoms with Gasteiger partial charge in [0.05, 0.1) is 43.5 Å². The van der Waals surface area contributed by atoms with Crippen LogP contribution in [0.1, 0.15) is 42.2 Å². The van der Waals surface area contributed by atoms with Crippen molar-refractivity contribution in [3.63, 3.8) is 0 Å². The number of fused-ring (bicyclic) bond motifs is 2. The zero-order chi connectivity index (χ0) is 29.5. The number of esters is 2. The predicted molar refractivity (Wildman–Crippen MR) is 164 cm³/mol. The number of nitrogens with one attached hydrogen (secondary N) is 3. The number of hydrogen-bond acceptors (Lipinski definition) is 7. The highest BCUT2D eigenvalue weighted by Crippen LogP contribution is 2.31. The number of aromatic amines is 2. The highest BCUT2D eigenvalue weighted by atomic mass is 79.9. The molecule has 0 aliphatic rings. The lowest BCUT2D eigenvalue weighted by Gasteiger charge is -2.07. The monoisotopic (exact) mass is 683 g/mol. The number of halogens is 2. The molecule has 41 heavy (non-hydrogen) atoms. The Labute approximate surface area is 252 Å². The highest BCUT2D eigenvalue weighted by Gasteiger charge is 2.17. The molecule has 11 heteroatoms. The molecule has 0 saturated heterocycles. The molecule has 0 fully saturated rings. The van der Waals surface area contributed by atoms with E-state index in [0.717, 1.165) is 44.0 Å². The fourth-order valence-corrected chi connectivity index (χ4v) is 5.53. The van der Waals surface area contributed by atoms with E-state index in [1.165, 1.54) is 19.8 Å². The molecule has 0 unspecified atom stereocenters. The van der Waals surface area contributed by atoms with Crippen LogP contribution in [-0.2, 0) is 22.6 Å². The van der Waals surface area contributed by atoms with Gasteiger partial charge in [-0.15, -0.1) is 0 Å². The first kappa shape index (κ1) is 30.0. The number of carbonyl (C=O) groups is 3. The first-order chi connectivity index (χ1) is 19.8. The highest BCUT2D eigenvalue weighted by molar-refractivity contribution is 9.11. The van der Waals surface area contributed by atoms with E-state index < -0.39 is 5.97 Å². The van der Waals surface area contributed by atoms with Crippen LogP contribution in [0.2, 0.25) is 0 Å². The van der Waals surface area contributed by atoms with Crippen molar-refractivity contribution in [3.8, 4) is 5.75 Å². The van der Waals surface area contributed by atoms with Crippen molar-refractivity contribution in [1.29, 1.82) is 0 Å². The fraction of sp³-hybridized carbons (Fsp3) is 0.167. The Morgan fingerprint density at radius 2 is 1.34 bits per heavy atom. The largest absolute Gasteiger partial charge is 0.497 e. The average molecular weight is 685 g/mol. The van der Waals surface area contributed by atoms with Crippen LogP contribution in [0, 0.1) is 0 Å². The summed E-state index contributed by atoms with van der Waals surface area (Å²) < 4.78 is 16.4. The van der Waals surface area contributed by atoms with Crippen LogP contribution in [0.25, 0.3) is 21.8 Å². The number of rotatable bonds is 8. The molecule has 212 valence electrons. The zero-order valence-electron chi connectivity index (χ0n) is 22.5. The Hall–Kier alpha value is -3.93. The lowest BCUT2D eigenvalue weighted by molar-refractivity contribution is 0.0594. The van der Waals surface area contributed by atoms with Gasteiger partial charge < -0.3 is 29.5 Å². The van der Waals surface area contributed by atoms with E-state index in [2.05, 4.69) is 51.9 Å². The third-order valence-electron chi connectivity index (χ3n) is 6.42. The molecule has 0 saturated carbocycles. The molecule has 5 rings (SSSR count). The minimum atomic E-state index is -0.434. The van der Waals surface area contributed by atoms with Crippen LogP contribution in [0.3, 0.4) is 0 Å². The summed E-state index contributed by atoms with van der Waals surface area (Å²) in [5.74, 6) is 0.0635. The number of aldehydes is 1. The van der Waals surface area contributed by atoms with E-state index in [-0.39, 0.29) is 5.97 Å². The number of benzene rings is 3. The SMILES string of the molecule is COC(=O)c1ccc(Br)c2c(C=O)c[nH]c12.COC(=O)c1ccc(Br)c2c(CNCc3ccc(OC)cc3)c[nH]c12. The Balaban J connectivity index is 0.000000208. The van der Waals surface area contributed by atoms with Gasteiger partial charge in [-0.05, 0) is 47.5 Å². The van der Waals surface area contributed by atoms with Crippen molar-refractivity contribution in [2.45, 2.75) is 13.1 Å². The Morgan fingerprint density at radius 3 is 1.90 bits per heavy atom. The number of hydrogen-bond donors (Lipinski definition) is 3. The molecule has 0 bridgehead atoms. The normalized spacial score (nSPS) is 10.7. The van der Waals surface area contributed by atoms with E-state index in [1.807, 2.05) is 36.5 Å². The smallest absolute Gasteiger partial charge is 0.339 e. The van der Waals surface area contributed by atoms with E-state index in [9.17, 15) is 14.4 Å². The maximum absolute atomic E-state index is 11.9. The topological polar surface area (TPSA) is 123 Å². The van der Waals surface area contributed by atoms with Crippen LogP contribution in [-0.4, -0.2) is 49.5 Å². The van der Waals surface area contributed by atoms with Gasteiger partial charge in [-0.3, -0.25) is 4.79 Å². The molecule has 3 aromatic carbocycles. The fourth-order valence-electron chi connectivity index (χ4n) is 4.38. The van der Waals surface area contributed by atoms with Crippen molar-refractivity contribution in [1.82, 2.24) is 15.3 Å². The first-order valence-corrected chi connectivity index (χ1v) is 13.9. The van der Waals surface area contributed by atoms with Gasteiger partial charge in [-0.1, -0.05) is 44.0 Å². The molecule has 0 aliphatic carbocycles. The third-order valence-corrected chi connectivity index (χ3v) is 7.74. The molecule has 2 heterocycles. The van der Waals surface area contributed by atoms with Crippen molar-refractivity contribution >= 4 is 71.9 Å². The summed E-state index contributed by atoms with van der Waals surface area (Å²) in [6.45, 7) is 1.42. The van der Waals surface area contributed by atoms with Gasteiger partial charge in [0.15, 0.2) is 6.29 Å². The second-order valence-corrected chi connectivity index (χ2v) is 10.5. The summed E-state index contributed by atoms with van der Waals surface area (Å²) >= 11 is 6.91. The van der Waals surface area contributed by atoms with Gasteiger partial charge in [0.2, 0.25) is 0 Å². The Kier molecular flexibility index (Phi) is 9.98. The van der Waals surface area contributed by atoms with Gasteiger partial charge >= 0.3 is 11.9 Å². The molecule has 0 aliphatic heterocycles. The Bertz CT molecular complexity index is 1710. The third kappa shape index (κ3) is 6.53. The number of ether oxygens (including phenoxy) is 3. The zero-order valence-corrected chi connectivity index (χ0v) is 25.6. The van der Waals surface area contributed by atoms with E-state index in [1.54, 1.807) is 31.5 Å². The van der Waals surface area contributed by atoms with Gasteiger partial charge in [-0.2, -0.15) is 0 Å².